The second kappa shape index (κ2) is 52.8. The van der Waals surface area contributed by atoms with Crippen LogP contribution in [0.1, 0.15) is 245 Å². The number of unbranched alkanes of at least 4 members (excludes halogenated alkanes) is 26. The molecule has 0 aliphatic rings. The summed E-state index contributed by atoms with van der Waals surface area (Å²) in [6.07, 6.45) is 66.6. The predicted molar refractivity (Wildman–Crippen MR) is 284 cm³/mol. The zero-order valence-electron chi connectivity index (χ0n) is 43.1. The highest BCUT2D eigenvalue weighted by Gasteiger charge is 2.26. The van der Waals surface area contributed by atoms with Crippen molar-refractivity contribution < 1.29 is 37.6 Å². The summed E-state index contributed by atoms with van der Waals surface area (Å²) in [5, 5.41) is 0. The van der Waals surface area contributed by atoms with Crippen LogP contribution in [0.5, 0.6) is 0 Å². The van der Waals surface area contributed by atoms with Gasteiger partial charge in [-0.05, 0) is 64.2 Å². The van der Waals surface area contributed by atoms with Crippen LogP contribution in [0.4, 0.5) is 0 Å². The third-order valence-electron chi connectivity index (χ3n) is 11.6. The largest absolute Gasteiger partial charge is 0.472 e. The van der Waals surface area contributed by atoms with E-state index in [0.717, 1.165) is 83.5 Å². The van der Waals surface area contributed by atoms with Crippen molar-refractivity contribution in [2.75, 3.05) is 26.4 Å². The fraction of sp³-hybridized carbons (Fsp3) is 0.754. The maximum absolute atomic E-state index is 12.7. The Kier molecular flexibility index (Phi) is 50.8. The van der Waals surface area contributed by atoms with Gasteiger partial charge < -0.3 is 20.1 Å². The van der Waals surface area contributed by atoms with Crippen LogP contribution in [0.15, 0.2) is 72.9 Å². The summed E-state index contributed by atoms with van der Waals surface area (Å²) in [6, 6.07) is 0. The zero-order valence-corrected chi connectivity index (χ0v) is 44.0. The quantitative estimate of drug-likeness (QED) is 0.0264. The van der Waals surface area contributed by atoms with Gasteiger partial charge in [0.25, 0.3) is 0 Å². The van der Waals surface area contributed by atoms with Crippen molar-refractivity contribution in [3.05, 3.63) is 72.9 Å². The minimum atomic E-state index is -4.40. The van der Waals surface area contributed by atoms with Crippen LogP contribution in [0.2, 0.25) is 0 Å². The summed E-state index contributed by atoms with van der Waals surface area (Å²) in [6.45, 7) is 3.62. The van der Waals surface area contributed by atoms with Gasteiger partial charge in [0, 0.05) is 19.4 Å². The maximum Gasteiger partial charge on any atom is 0.472 e. The van der Waals surface area contributed by atoms with Crippen LogP contribution in [-0.4, -0.2) is 49.3 Å². The van der Waals surface area contributed by atoms with Crippen molar-refractivity contribution in [1.82, 2.24) is 0 Å². The molecule has 0 aliphatic carbocycles. The molecule has 0 radical (unpaired) electrons. The Balaban J connectivity index is 4.06. The van der Waals surface area contributed by atoms with Gasteiger partial charge in [0.15, 0.2) is 6.10 Å². The van der Waals surface area contributed by atoms with E-state index in [1.165, 1.54) is 128 Å². The monoisotopic (exact) mass is 960 g/mol. The lowest BCUT2D eigenvalue weighted by atomic mass is 10.0. The van der Waals surface area contributed by atoms with E-state index >= 15 is 0 Å². The van der Waals surface area contributed by atoms with Crippen LogP contribution in [0.25, 0.3) is 0 Å². The van der Waals surface area contributed by atoms with Crippen molar-refractivity contribution in [2.24, 2.45) is 5.73 Å². The first-order chi connectivity index (χ1) is 32.8. The van der Waals surface area contributed by atoms with Crippen molar-refractivity contribution >= 4 is 19.8 Å². The molecule has 0 amide bonds. The normalized spacial score (nSPS) is 13.7. The molecule has 388 valence electrons. The second-order valence-corrected chi connectivity index (χ2v) is 19.5. The molecule has 0 rings (SSSR count). The Morgan fingerprint density at radius 3 is 1.22 bits per heavy atom. The summed E-state index contributed by atoms with van der Waals surface area (Å²) in [5.74, 6) is -0.852. The van der Waals surface area contributed by atoms with Crippen molar-refractivity contribution in [1.29, 1.82) is 0 Å². The SMILES string of the molecule is CC/C=C\C/C=C\C/C=C\C/C=C\C/C=C\C/C=C\CCCCCCC(=O)OC(COC(=O)CCCCCCCCCCCCCCCCCCCCCCCCC)COP(=O)(O)OCCN. The Hall–Kier alpha value is -2.55. The molecular weight excluding hydrogens is 858 g/mol. The van der Waals surface area contributed by atoms with Crippen molar-refractivity contribution in [3.63, 3.8) is 0 Å². The standard InChI is InChI=1S/C57H102NO8P/c1-3-5-7-9-11-13-15-17-19-21-23-25-27-29-31-33-35-37-39-41-43-45-47-49-56(59)63-53-55(54-65-67(61,62)64-52-51-58)66-57(60)50-48-46-44-42-40-38-36-34-32-30-28-26-24-22-20-18-16-14-12-10-8-6-4-2/h6,8,12,14,18,20,24,26,30,32,36,38,55H,3-5,7,9-11,13,15-17,19,21-23,25,27-29,31,33-35,37,39-54,58H2,1-2H3,(H,61,62)/b8-6-,14-12-,20-18-,26-24-,32-30-,38-36-. The van der Waals surface area contributed by atoms with Crippen LogP contribution >= 0.6 is 7.82 Å². The summed E-state index contributed by atoms with van der Waals surface area (Å²) in [7, 11) is -4.40. The number of nitrogens with two attached hydrogens (primary N) is 1. The first kappa shape index (κ1) is 64.5. The number of phosphoric ester groups is 1. The second-order valence-electron chi connectivity index (χ2n) is 18.1. The average Bonchev–Trinajstić information content (AvgIpc) is 3.32. The first-order valence-electron chi connectivity index (χ1n) is 27.4. The van der Waals surface area contributed by atoms with Crippen molar-refractivity contribution in [3.8, 4) is 0 Å². The summed E-state index contributed by atoms with van der Waals surface area (Å²) in [4.78, 5) is 35.1. The molecule has 0 spiro atoms. The third kappa shape index (κ3) is 52.7. The van der Waals surface area contributed by atoms with Gasteiger partial charge in [-0.1, -0.05) is 241 Å². The van der Waals surface area contributed by atoms with E-state index in [-0.39, 0.29) is 38.6 Å². The van der Waals surface area contributed by atoms with E-state index in [4.69, 9.17) is 24.3 Å². The molecule has 10 heteroatoms. The number of esters is 2. The highest BCUT2D eigenvalue weighted by molar-refractivity contribution is 7.47. The van der Waals surface area contributed by atoms with Gasteiger partial charge in [-0.2, -0.15) is 0 Å². The van der Waals surface area contributed by atoms with Crippen molar-refractivity contribution in [2.45, 2.75) is 251 Å². The number of ether oxygens (including phenoxy) is 2. The number of hydrogen-bond donors (Lipinski definition) is 2. The maximum atomic E-state index is 12.7. The molecule has 0 aromatic rings. The van der Waals surface area contributed by atoms with E-state index < -0.39 is 26.5 Å². The Morgan fingerprint density at radius 1 is 0.463 bits per heavy atom. The Bertz CT molecular complexity index is 1320. The molecule has 0 heterocycles. The van der Waals surface area contributed by atoms with Gasteiger partial charge in [-0.3, -0.25) is 18.6 Å². The highest BCUT2D eigenvalue weighted by Crippen LogP contribution is 2.43. The zero-order chi connectivity index (χ0) is 48.8. The molecule has 2 atom stereocenters. The lowest BCUT2D eigenvalue weighted by Crippen LogP contribution is -2.29. The van der Waals surface area contributed by atoms with E-state index in [2.05, 4.69) is 86.8 Å². The first-order valence-corrected chi connectivity index (χ1v) is 28.9. The number of carbonyl (C=O) groups excluding carboxylic acids is 2. The summed E-state index contributed by atoms with van der Waals surface area (Å²) < 4.78 is 33.0. The molecule has 67 heavy (non-hydrogen) atoms. The van der Waals surface area contributed by atoms with Crippen LogP contribution in [0, 0.1) is 0 Å². The molecule has 0 aromatic carbocycles. The molecule has 0 aromatic heterocycles. The van der Waals surface area contributed by atoms with Gasteiger partial charge in [-0.15, -0.1) is 0 Å². The summed E-state index contributed by atoms with van der Waals surface area (Å²) in [5.41, 5.74) is 5.37. The van der Waals surface area contributed by atoms with Gasteiger partial charge in [0.05, 0.1) is 13.2 Å². The van der Waals surface area contributed by atoms with E-state index in [0.29, 0.717) is 6.42 Å². The minimum absolute atomic E-state index is 0.0465. The number of phosphoric acid groups is 1. The van der Waals surface area contributed by atoms with E-state index in [1.807, 2.05) is 0 Å². The van der Waals surface area contributed by atoms with Crippen LogP contribution in [-0.2, 0) is 32.7 Å². The van der Waals surface area contributed by atoms with E-state index in [1.54, 1.807) is 0 Å². The molecule has 0 saturated heterocycles. The molecular formula is C57H102NO8P. The minimum Gasteiger partial charge on any atom is -0.462 e. The summed E-state index contributed by atoms with van der Waals surface area (Å²) >= 11 is 0. The molecule has 0 fully saturated rings. The number of rotatable bonds is 51. The van der Waals surface area contributed by atoms with Gasteiger partial charge >= 0.3 is 19.8 Å². The topological polar surface area (TPSA) is 134 Å². The molecule has 9 nitrogen and oxygen atoms in total. The van der Waals surface area contributed by atoms with E-state index in [9.17, 15) is 19.0 Å². The number of carbonyl (C=O) groups is 2. The fourth-order valence-corrected chi connectivity index (χ4v) is 8.35. The van der Waals surface area contributed by atoms with Crippen LogP contribution < -0.4 is 5.73 Å². The number of hydrogen-bond acceptors (Lipinski definition) is 8. The molecule has 0 saturated carbocycles. The Morgan fingerprint density at radius 2 is 0.821 bits per heavy atom. The lowest BCUT2D eigenvalue weighted by Gasteiger charge is -2.19. The molecule has 0 aliphatic heterocycles. The molecule has 0 bridgehead atoms. The molecule has 2 unspecified atom stereocenters. The van der Waals surface area contributed by atoms with Crippen LogP contribution in [0.3, 0.4) is 0 Å². The third-order valence-corrected chi connectivity index (χ3v) is 12.6. The Labute approximate surface area is 411 Å². The number of allylic oxidation sites excluding steroid dienone is 12. The predicted octanol–water partition coefficient (Wildman–Crippen LogP) is 17.0. The fourth-order valence-electron chi connectivity index (χ4n) is 7.58. The molecule has 3 N–H and O–H groups in total. The average molecular weight is 960 g/mol. The lowest BCUT2D eigenvalue weighted by molar-refractivity contribution is -0.161. The smallest absolute Gasteiger partial charge is 0.462 e. The highest BCUT2D eigenvalue weighted by atomic mass is 31.2. The van der Waals surface area contributed by atoms with Gasteiger partial charge in [-0.25, -0.2) is 4.57 Å². The van der Waals surface area contributed by atoms with Gasteiger partial charge in [0.1, 0.15) is 6.61 Å². The van der Waals surface area contributed by atoms with Gasteiger partial charge in [0.2, 0.25) is 0 Å².